The number of hydrogen-bond donors (Lipinski definition) is 5. The number of amides is 1. The van der Waals surface area contributed by atoms with Gasteiger partial charge in [-0.1, -0.05) is 31.5 Å². The topological polar surface area (TPSA) is 127 Å². The number of aliphatic hydroxyl groups is 3. The van der Waals surface area contributed by atoms with Crippen molar-refractivity contribution in [3.05, 3.63) is 48.8 Å². The summed E-state index contributed by atoms with van der Waals surface area (Å²) < 4.78 is 6.04. The molecule has 3 heterocycles. The molecule has 2 aliphatic rings. The van der Waals surface area contributed by atoms with Gasteiger partial charge in [0.15, 0.2) is 0 Å². The molecular weight excluding hydrogens is 504 g/mol. The molecule has 5 N–H and O–H groups in total. The van der Waals surface area contributed by atoms with Gasteiger partial charge in [-0.15, -0.1) is 11.8 Å². The number of likely N-dealkylation sites (N-methyl/N-ethyl adjacent to an activating group) is 1. The van der Waals surface area contributed by atoms with Gasteiger partial charge in [-0.25, -0.2) is 0 Å². The lowest BCUT2D eigenvalue weighted by Crippen LogP contribution is -2.64. The number of thioether (sulfide) groups is 1. The lowest BCUT2D eigenvalue weighted by atomic mass is 9.94. The number of carbonyl (C=O) groups excluding carboxylic acids is 1. The maximum absolute atomic E-state index is 13.4. The van der Waals surface area contributed by atoms with Gasteiger partial charge in [-0.05, 0) is 61.4 Å². The summed E-state index contributed by atoms with van der Waals surface area (Å²) in [6.07, 6.45) is 3.39. The highest BCUT2D eigenvalue weighted by atomic mass is 32.2. The number of carbonyl (C=O) groups is 1. The fourth-order valence-electron chi connectivity index (χ4n) is 5.50. The van der Waals surface area contributed by atoms with Gasteiger partial charge >= 0.3 is 0 Å². The van der Waals surface area contributed by atoms with Crippen LogP contribution >= 0.6 is 11.8 Å². The molecule has 5 unspecified atom stereocenters. The molecule has 9 nitrogen and oxygen atoms in total. The number of anilines is 1. The Bertz CT molecular complexity index is 1030. The molecule has 2 aromatic rings. The van der Waals surface area contributed by atoms with Crippen molar-refractivity contribution < 1.29 is 24.9 Å². The molecule has 0 radical (unpaired) electrons. The molecule has 2 saturated heterocycles. The van der Waals surface area contributed by atoms with E-state index in [0.717, 1.165) is 42.6 Å². The Morgan fingerprint density at radius 2 is 1.92 bits per heavy atom. The largest absolute Gasteiger partial charge is 0.388 e. The Morgan fingerprint density at radius 3 is 2.58 bits per heavy atom. The predicted octanol–water partition coefficient (Wildman–Crippen LogP) is 1.94. The summed E-state index contributed by atoms with van der Waals surface area (Å²) in [5.41, 5.74) is 2.16. The van der Waals surface area contributed by atoms with Gasteiger partial charge in [0, 0.05) is 31.2 Å². The van der Waals surface area contributed by atoms with E-state index in [4.69, 9.17) is 4.74 Å². The zero-order valence-electron chi connectivity index (χ0n) is 22.2. The number of aliphatic hydroxyl groups excluding tert-OH is 3. The minimum Gasteiger partial charge on any atom is -0.388 e. The molecule has 208 valence electrons. The van der Waals surface area contributed by atoms with E-state index < -0.39 is 35.9 Å². The van der Waals surface area contributed by atoms with E-state index >= 15 is 0 Å². The highest BCUT2D eigenvalue weighted by molar-refractivity contribution is 7.99. The van der Waals surface area contributed by atoms with Crippen LogP contribution in [-0.4, -0.2) is 99.4 Å². The molecule has 1 amide bonds. The van der Waals surface area contributed by atoms with Crippen molar-refractivity contribution in [3.63, 3.8) is 0 Å². The normalized spacial score (nSPS) is 30.6. The molecule has 10 heteroatoms. The first-order valence-corrected chi connectivity index (χ1v) is 14.6. The molecule has 1 aromatic heterocycles. The van der Waals surface area contributed by atoms with Crippen LogP contribution in [-0.2, 0) is 9.53 Å². The third kappa shape index (κ3) is 6.67. The summed E-state index contributed by atoms with van der Waals surface area (Å²) in [4.78, 5) is 19.7. The van der Waals surface area contributed by atoms with Gasteiger partial charge in [-0.3, -0.25) is 14.7 Å². The highest BCUT2D eigenvalue weighted by Gasteiger charge is 2.47. The molecule has 4 rings (SSSR count). The Hall–Kier alpha value is -2.21. The Morgan fingerprint density at radius 1 is 1.16 bits per heavy atom. The van der Waals surface area contributed by atoms with Gasteiger partial charge in [0.25, 0.3) is 0 Å². The van der Waals surface area contributed by atoms with Crippen LogP contribution in [0.4, 0.5) is 5.69 Å². The highest BCUT2D eigenvalue weighted by Crippen LogP contribution is 2.30. The van der Waals surface area contributed by atoms with Crippen LogP contribution in [0.1, 0.15) is 26.2 Å². The van der Waals surface area contributed by atoms with E-state index in [9.17, 15) is 20.1 Å². The van der Waals surface area contributed by atoms with Gasteiger partial charge < -0.3 is 30.7 Å². The van der Waals surface area contributed by atoms with Crippen molar-refractivity contribution in [2.75, 3.05) is 31.7 Å². The summed E-state index contributed by atoms with van der Waals surface area (Å²) in [6.45, 7) is 3.29. The maximum Gasteiger partial charge on any atom is 0.237 e. The Balaban J connectivity index is 1.49. The average Bonchev–Trinajstić information content (AvgIpc) is 3.31. The van der Waals surface area contributed by atoms with Crippen molar-refractivity contribution >= 4 is 23.4 Å². The third-order valence-corrected chi connectivity index (χ3v) is 8.46. The molecule has 0 spiro atoms. The van der Waals surface area contributed by atoms with E-state index in [0.29, 0.717) is 5.92 Å². The molecular formula is C28H40N4O5S. The van der Waals surface area contributed by atoms with Crippen LogP contribution in [0.2, 0.25) is 0 Å². The number of nitrogens with zero attached hydrogens (tertiary/aromatic N) is 2. The number of benzene rings is 1. The van der Waals surface area contributed by atoms with Crippen LogP contribution in [0, 0.1) is 5.92 Å². The quantitative estimate of drug-likeness (QED) is 0.305. The number of aromatic nitrogens is 1. The number of pyridine rings is 1. The second-order valence-electron chi connectivity index (χ2n) is 10.3. The molecule has 2 fully saturated rings. The van der Waals surface area contributed by atoms with E-state index in [1.807, 2.05) is 49.6 Å². The molecule has 2 aliphatic heterocycles. The number of ether oxygens (including phenoxy) is 1. The summed E-state index contributed by atoms with van der Waals surface area (Å²) in [7, 11) is 1.97. The van der Waals surface area contributed by atoms with E-state index in [1.165, 1.54) is 11.8 Å². The minimum absolute atomic E-state index is 0.123. The molecule has 0 aliphatic carbocycles. The lowest BCUT2D eigenvalue weighted by Gasteiger charge is -2.43. The smallest absolute Gasteiger partial charge is 0.237 e. The second kappa shape index (κ2) is 13.2. The van der Waals surface area contributed by atoms with Gasteiger partial charge in [-0.2, -0.15) is 0 Å². The molecule has 0 bridgehead atoms. The summed E-state index contributed by atoms with van der Waals surface area (Å²) in [5, 5.41) is 38.2. The van der Waals surface area contributed by atoms with E-state index in [-0.39, 0.29) is 18.5 Å². The number of likely N-dealkylation sites (tertiary alicyclic amines) is 1. The summed E-state index contributed by atoms with van der Waals surface area (Å²) in [6, 6.07) is 10.9. The predicted molar refractivity (Wildman–Crippen MR) is 150 cm³/mol. The monoisotopic (exact) mass is 544 g/mol. The Labute approximate surface area is 229 Å². The number of hydrogen-bond acceptors (Lipinski definition) is 9. The second-order valence-corrected chi connectivity index (χ2v) is 11.3. The molecule has 0 saturated carbocycles. The van der Waals surface area contributed by atoms with Gasteiger partial charge in [0.05, 0.1) is 12.1 Å². The number of rotatable bonds is 10. The lowest BCUT2D eigenvalue weighted by molar-refractivity contribution is -0.204. The SMILES string of the molecule is CCC[C@@H]1C[C@@H](C(=O)N[C@H](CNc2ccc(-c3cccnc3)cc2)C2OC(SC)C(O)C(O)C2O)N(C)C1. The summed E-state index contributed by atoms with van der Waals surface area (Å²) in [5.74, 6) is 0.354. The van der Waals surface area contributed by atoms with Crippen LogP contribution in [0.25, 0.3) is 11.1 Å². The zero-order valence-corrected chi connectivity index (χ0v) is 23.1. The molecule has 8 atom stereocenters. The van der Waals surface area contributed by atoms with E-state index in [2.05, 4.69) is 27.4 Å². The van der Waals surface area contributed by atoms with Crippen molar-refractivity contribution in [3.8, 4) is 11.1 Å². The standard InChI is InChI=1S/C28H40N4O5S/c1-4-6-17-13-22(32(2)16-17)27(36)31-21(26-24(34)23(33)25(35)28(37-26)38-3)15-30-20-10-8-18(9-11-20)19-7-5-12-29-14-19/h5,7-12,14,17,21-26,28,30,33-35H,4,6,13,15-16H2,1-3H3,(H,31,36)/t17-,21-,22+,23?,24?,25?,26?,28?/m1/s1. The zero-order chi connectivity index (χ0) is 27.2. The Kier molecular flexibility index (Phi) is 10.0. The molecule has 1 aromatic carbocycles. The first kappa shape index (κ1) is 28.8. The van der Waals surface area contributed by atoms with Crippen molar-refractivity contribution in [2.24, 2.45) is 5.92 Å². The first-order chi connectivity index (χ1) is 18.3. The van der Waals surface area contributed by atoms with Crippen LogP contribution < -0.4 is 10.6 Å². The average molecular weight is 545 g/mol. The fraction of sp³-hybridized carbons (Fsp3) is 0.571. The van der Waals surface area contributed by atoms with Gasteiger partial charge in [0.1, 0.15) is 29.9 Å². The maximum atomic E-state index is 13.4. The van der Waals surface area contributed by atoms with E-state index in [1.54, 1.807) is 12.5 Å². The van der Waals surface area contributed by atoms with Crippen LogP contribution in [0.3, 0.4) is 0 Å². The van der Waals surface area contributed by atoms with Crippen LogP contribution in [0.5, 0.6) is 0 Å². The van der Waals surface area contributed by atoms with Gasteiger partial charge in [0.2, 0.25) is 5.91 Å². The summed E-state index contributed by atoms with van der Waals surface area (Å²) >= 11 is 1.26. The molecule has 38 heavy (non-hydrogen) atoms. The minimum atomic E-state index is -1.38. The number of nitrogens with one attached hydrogen (secondary N) is 2. The first-order valence-electron chi connectivity index (χ1n) is 13.3. The van der Waals surface area contributed by atoms with Crippen LogP contribution in [0.15, 0.2) is 48.8 Å². The third-order valence-electron chi connectivity index (χ3n) is 7.60. The fourth-order valence-corrected chi connectivity index (χ4v) is 6.18. The van der Waals surface area contributed by atoms with Crippen molar-refractivity contribution in [1.29, 1.82) is 0 Å². The van der Waals surface area contributed by atoms with Crippen molar-refractivity contribution in [1.82, 2.24) is 15.2 Å². The van der Waals surface area contributed by atoms with Crippen molar-refractivity contribution in [2.45, 2.75) is 68.1 Å².